The first-order valence-electron chi connectivity index (χ1n) is 5.34. The van der Waals surface area contributed by atoms with Crippen LogP contribution in [0.5, 0.6) is 11.5 Å². The van der Waals surface area contributed by atoms with Crippen molar-refractivity contribution in [3.8, 4) is 17.2 Å². The van der Waals surface area contributed by atoms with Gasteiger partial charge in [0.05, 0.1) is 17.3 Å². The Bertz CT molecular complexity index is 627. The third-order valence-electron chi connectivity index (χ3n) is 2.47. The first-order valence-corrected chi connectivity index (χ1v) is 5.87. The Balaban J connectivity index is 2.15. The Labute approximate surface area is 112 Å². The van der Waals surface area contributed by atoms with Crippen LogP contribution in [0.1, 0.15) is 0 Å². The molecule has 0 bridgehead atoms. The second kappa shape index (κ2) is 4.73. The topological polar surface area (TPSA) is 100 Å². The molecule has 0 radical (unpaired) electrons. The average molecular weight is 281 g/mol. The summed E-state index contributed by atoms with van der Waals surface area (Å²) >= 11 is 5.64. The van der Waals surface area contributed by atoms with Crippen molar-refractivity contribution in [3.05, 3.63) is 18.5 Å². The molecule has 2 heterocycles. The van der Waals surface area contributed by atoms with Gasteiger partial charge in [-0.05, 0) is 10.4 Å². The molecule has 1 aliphatic heterocycles. The van der Waals surface area contributed by atoms with Crippen LogP contribution >= 0.6 is 11.6 Å². The molecule has 3 rings (SSSR count). The number of hydrogen-bond donors (Lipinski definition) is 1. The summed E-state index contributed by atoms with van der Waals surface area (Å²) in [4.78, 5) is 4.22. The highest BCUT2D eigenvalue weighted by atomic mass is 35.5. The van der Waals surface area contributed by atoms with Gasteiger partial charge in [-0.3, -0.25) is 0 Å². The monoisotopic (exact) mass is 280 g/mol. The Morgan fingerprint density at radius 2 is 2.21 bits per heavy atom. The van der Waals surface area contributed by atoms with Gasteiger partial charge in [0, 0.05) is 12.1 Å². The largest absolute Gasteiger partial charge is 0.454 e. The smallest absolute Gasteiger partial charge is 0.231 e. The lowest BCUT2D eigenvalue weighted by Gasteiger charge is -2.07. The van der Waals surface area contributed by atoms with Gasteiger partial charge < -0.3 is 15.2 Å². The van der Waals surface area contributed by atoms with Crippen molar-refractivity contribution < 1.29 is 9.47 Å². The predicted octanol–water partition coefficient (Wildman–Crippen LogP) is 0.618. The van der Waals surface area contributed by atoms with Gasteiger partial charge in [-0.1, -0.05) is 0 Å². The quantitative estimate of drug-likeness (QED) is 0.502. The second-order valence-electron chi connectivity index (χ2n) is 3.69. The molecule has 0 spiro atoms. The van der Waals surface area contributed by atoms with Gasteiger partial charge in [-0.15, -0.1) is 16.7 Å². The minimum absolute atomic E-state index is 0.128. The Morgan fingerprint density at radius 3 is 2.89 bits per heavy atom. The predicted molar refractivity (Wildman–Crippen MR) is 67.3 cm³/mol. The lowest BCUT2D eigenvalue weighted by Crippen LogP contribution is -2.12. The lowest BCUT2D eigenvalue weighted by atomic mass is 10.2. The molecule has 1 aromatic heterocycles. The molecule has 0 unspecified atom stereocenters. The van der Waals surface area contributed by atoms with E-state index in [1.54, 1.807) is 12.1 Å². The summed E-state index contributed by atoms with van der Waals surface area (Å²) in [6.45, 7) is 0.169. The summed E-state index contributed by atoms with van der Waals surface area (Å²) in [5.74, 6) is 1.62. The molecule has 0 aliphatic carbocycles. The average Bonchev–Trinajstić information content (AvgIpc) is 3.08. The minimum atomic E-state index is 0.128. The van der Waals surface area contributed by atoms with Crippen LogP contribution < -0.4 is 15.2 Å². The SMILES string of the molecule is NC(CCl)=Nc1cc2c(cc1-n1cnnn1)OCO2. The van der Waals surface area contributed by atoms with Crippen LogP contribution in [0.15, 0.2) is 23.5 Å². The molecule has 2 N–H and O–H groups in total. The van der Waals surface area contributed by atoms with E-state index in [-0.39, 0.29) is 18.5 Å². The van der Waals surface area contributed by atoms with Gasteiger partial charge in [0.15, 0.2) is 11.5 Å². The van der Waals surface area contributed by atoms with Crippen molar-refractivity contribution >= 4 is 23.1 Å². The number of benzene rings is 1. The number of aromatic nitrogens is 4. The van der Waals surface area contributed by atoms with Crippen molar-refractivity contribution in [3.63, 3.8) is 0 Å². The van der Waals surface area contributed by atoms with E-state index in [1.165, 1.54) is 11.0 Å². The third kappa shape index (κ3) is 2.17. The van der Waals surface area contributed by atoms with Gasteiger partial charge in [-0.25, -0.2) is 4.99 Å². The highest BCUT2D eigenvalue weighted by Crippen LogP contribution is 2.39. The van der Waals surface area contributed by atoms with Gasteiger partial charge >= 0.3 is 0 Å². The third-order valence-corrected chi connectivity index (χ3v) is 2.74. The number of hydrogen-bond acceptors (Lipinski definition) is 6. The first kappa shape index (κ1) is 11.7. The highest BCUT2D eigenvalue weighted by molar-refractivity contribution is 6.28. The van der Waals surface area contributed by atoms with E-state index in [0.717, 1.165) is 0 Å². The van der Waals surface area contributed by atoms with Crippen molar-refractivity contribution in [1.82, 2.24) is 20.2 Å². The van der Waals surface area contributed by atoms with E-state index in [9.17, 15) is 0 Å². The van der Waals surface area contributed by atoms with Crippen LogP contribution in [0, 0.1) is 0 Å². The molecule has 0 amide bonds. The number of amidine groups is 1. The molecule has 0 saturated carbocycles. The standard InChI is InChI=1S/C10H9ClN6O2/c11-3-10(12)14-6-1-8-9(19-5-18-8)2-7(6)17-4-13-15-16-17/h1-2,4H,3,5H2,(H2,12,14). The van der Waals surface area contributed by atoms with Gasteiger partial charge in [-0.2, -0.15) is 4.68 Å². The van der Waals surface area contributed by atoms with Crippen molar-refractivity contribution in [2.45, 2.75) is 0 Å². The minimum Gasteiger partial charge on any atom is -0.454 e. The number of fused-ring (bicyclic) bond motifs is 1. The summed E-state index contributed by atoms with van der Waals surface area (Å²) in [6, 6.07) is 3.44. The van der Waals surface area contributed by atoms with Crippen molar-refractivity contribution in [1.29, 1.82) is 0 Å². The Kier molecular flexibility index (Phi) is 2.92. The van der Waals surface area contributed by atoms with E-state index >= 15 is 0 Å². The number of alkyl halides is 1. The lowest BCUT2D eigenvalue weighted by molar-refractivity contribution is 0.174. The fourth-order valence-corrected chi connectivity index (χ4v) is 1.71. The maximum Gasteiger partial charge on any atom is 0.231 e. The van der Waals surface area contributed by atoms with E-state index in [1.807, 2.05) is 0 Å². The number of nitrogens with zero attached hydrogens (tertiary/aromatic N) is 5. The molecule has 98 valence electrons. The van der Waals surface area contributed by atoms with Crippen LogP contribution in [0.3, 0.4) is 0 Å². The normalized spacial score (nSPS) is 13.8. The fourth-order valence-electron chi connectivity index (χ4n) is 1.65. The molecule has 0 fully saturated rings. The van der Waals surface area contributed by atoms with Crippen LogP contribution in [0.2, 0.25) is 0 Å². The summed E-state index contributed by atoms with van der Waals surface area (Å²) in [7, 11) is 0. The van der Waals surface area contributed by atoms with E-state index in [0.29, 0.717) is 22.9 Å². The molecule has 9 heteroatoms. The highest BCUT2D eigenvalue weighted by Gasteiger charge is 2.18. The number of nitrogens with two attached hydrogens (primary N) is 1. The summed E-state index contributed by atoms with van der Waals surface area (Å²) in [5.41, 5.74) is 6.84. The molecule has 8 nitrogen and oxygen atoms in total. The number of tetrazole rings is 1. The maximum atomic E-state index is 5.66. The van der Waals surface area contributed by atoms with E-state index in [4.69, 9.17) is 26.8 Å². The molecule has 0 saturated heterocycles. The fraction of sp³-hybridized carbons (Fsp3) is 0.200. The molecule has 1 aliphatic rings. The van der Waals surface area contributed by atoms with Crippen molar-refractivity contribution in [2.75, 3.05) is 12.7 Å². The first-order chi connectivity index (χ1) is 9.28. The summed E-state index contributed by atoms with van der Waals surface area (Å²) in [6.07, 6.45) is 1.45. The molecular formula is C10H9ClN6O2. The Hall–Kier alpha value is -2.35. The molecular weight excluding hydrogens is 272 g/mol. The van der Waals surface area contributed by atoms with Crippen LogP contribution in [0.4, 0.5) is 5.69 Å². The van der Waals surface area contributed by atoms with E-state index in [2.05, 4.69) is 20.5 Å². The second-order valence-corrected chi connectivity index (χ2v) is 3.95. The zero-order valence-corrected chi connectivity index (χ0v) is 10.4. The number of rotatable bonds is 3. The summed E-state index contributed by atoms with van der Waals surface area (Å²) < 4.78 is 12.1. The van der Waals surface area contributed by atoms with Gasteiger partial charge in [0.2, 0.25) is 6.79 Å². The van der Waals surface area contributed by atoms with Gasteiger partial charge in [0.25, 0.3) is 0 Å². The molecule has 0 atom stereocenters. The van der Waals surface area contributed by atoms with E-state index < -0.39 is 0 Å². The number of halogens is 1. The molecule has 19 heavy (non-hydrogen) atoms. The summed E-state index contributed by atoms with van der Waals surface area (Å²) in [5, 5.41) is 11.0. The Morgan fingerprint density at radius 1 is 1.42 bits per heavy atom. The maximum absolute atomic E-state index is 5.66. The van der Waals surface area contributed by atoms with Gasteiger partial charge in [0.1, 0.15) is 12.2 Å². The number of ether oxygens (including phenoxy) is 2. The molecule has 1 aromatic carbocycles. The zero-order valence-electron chi connectivity index (χ0n) is 9.65. The van der Waals surface area contributed by atoms with Crippen LogP contribution in [-0.4, -0.2) is 38.7 Å². The van der Waals surface area contributed by atoms with Crippen molar-refractivity contribution in [2.24, 2.45) is 10.7 Å². The molecule has 2 aromatic rings. The zero-order chi connectivity index (χ0) is 13.2. The van der Waals surface area contributed by atoms with Crippen LogP contribution in [0.25, 0.3) is 5.69 Å². The number of aliphatic imine (C=N–C) groups is 1. The van der Waals surface area contributed by atoms with Crippen LogP contribution in [-0.2, 0) is 0 Å².